The highest BCUT2D eigenvalue weighted by molar-refractivity contribution is 6.41. The summed E-state index contributed by atoms with van der Waals surface area (Å²) in [6.45, 7) is 5.83. The van der Waals surface area contributed by atoms with Crippen LogP contribution in [0, 0.1) is 10.8 Å². The summed E-state index contributed by atoms with van der Waals surface area (Å²) in [6.07, 6.45) is 0.0664. The number of carbonyl (C=O) groups excluding carboxylic acids is 2. The van der Waals surface area contributed by atoms with E-state index >= 15 is 0 Å². The second-order valence-electron chi connectivity index (χ2n) is 4.83. The van der Waals surface area contributed by atoms with Crippen LogP contribution < -0.4 is 5.73 Å². The Morgan fingerprint density at radius 1 is 1.35 bits per heavy atom. The number of hydrogen-bond acceptors (Lipinski definition) is 5. The minimum absolute atomic E-state index is 0.0664. The zero-order valence-electron chi connectivity index (χ0n) is 10.7. The Labute approximate surface area is 101 Å². The van der Waals surface area contributed by atoms with Gasteiger partial charge in [-0.25, -0.2) is 4.79 Å². The van der Waals surface area contributed by atoms with Crippen molar-refractivity contribution in [2.24, 2.45) is 11.1 Å². The van der Waals surface area contributed by atoms with Crippen molar-refractivity contribution in [2.45, 2.75) is 39.7 Å². The van der Waals surface area contributed by atoms with Crippen molar-refractivity contribution >= 4 is 17.6 Å². The lowest BCUT2D eigenvalue weighted by Crippen LogP contribution is -2.50. The third-order valence-corrected chi connectivity index (χ3v) is 2.43. The zero-order valence-corrected chi connectivity index (χ0v) is 10.7. The number of aliphatic hydroxyl groups excluding tert-OH is 1. The normalized spacial score (nSPS) is 14.9. The van der Waals surface area contributed by atoms with E-state index in [2.05, 4.69) is 0 Å². The van der Waals surface area contributed by atoms with Crippen LogP contribution in [-0.4, -0.2) is 34.9 Å². The fourth-order valence-corrected chi connectivity index (χ4v) is 1.27. The van der Waals surface area contributed by atoms with E-state index in [1.54, 1.807) is 27.7 Å². The summed E-state index contributed by atoms with van der Waals surface area (Å²) >= 11 is 0. The molecule has 0 saturated heterocycles. The van der Waals surface area contributed by atoms with E-state index in [4.69, 9.17) is 15.9 Å². The fraction of sp³-hybridized carbons (Fsp3) is 0.727. The standard InChI is InChI=1S/C11H20N2O4/c1-5-11(6-14,9(13)16)7(12)8(15)17-10(2,3)4/h12,14H,5-6H2,1-4H3,(H2,13,16). The maximum Gasteiger partial charge on any atom is 0.353 e. The van der Waals surface area contributed by atoms with Gasteiger partial charge < -0.3 is 15.6 Å². The molecule has 0 saturated carbocycles. The van der Waals surface area contributed by atoms with Crippen molar-refractivity contribution in [1.82, 2.24) is 0 Å². The SMILES string of the molecule is CCC(CO)(C(=N)C(=O)OC(C)(C)C)C(N)=O. The van der Waals surface area contributed by atoms with Crippen LogP contribution in [0.15, 0.2) is 0 Å². The number of aliphatic hydroxyl groups is 1. The molecular weight excluding hydrogens is 224 g/mol. The number of amides is 1. The Hall–Kier alpha value is -1.43. The molecule has 1 atom stereocenters. The van der Waals surface area contributed by atoms with Gasteiger partial charge in [-0.15, -0.1) is 0 Å². The van der Waals surface area contributed by atoms with Crippen molar-refractivity contribution in [3.63, 3.8) is 0 Å². The predicted octanol–water partition coefficient (Wildman–Crippen LogP) is 0.222. The first kappa shape index (κ1) is 15.6. The fourth-order valence-electron chi connectivity index (χ4n) is 1.27. The molecule has 0 aliphatic heterocycles. The molecular formula is C11H20N2O4. The minimum atomic E-state index is -1.66. The smallest absolute Gasteiger partial charge is 0.353 e. The Balaban J connectivity index is 5.12. The highest BCUT2D eigenvalue weighted by Gasteiger charge is 2.44. The summed E-state index contributed by atoms with van der Waals surface area (Å²) in [5.41, 5.74) is 2.11. The molecule has 1 unspecified atom stereocenters. The van der Waals surface area contributed by atoms with Crippen LogP contribution in [0.5, 0.6) is 0 Å². The van der Waals surface area contributed by atoms with Gasteiger partial charge in [-0.1, -0.05) is 6.92 Å². The maximum atomic E-state index is 11.7. The van der Waals surface area contributed by atoms with Gasteiger partial charge in [-0.3, -0.25) is 10.2 Å². The number of nitrogens with one attached hydrogen (secondary N) is 1. The van der Waals surface area contributed by atoms with Crippen molar-refractivity contribution < 1.29 is 19.4 Å². The second kappa shape index (κ2) is 5.27. The summed E-state index contributed by atoms with van der Waals surface area (Å²) in [5, 5.41) is 16.9. The monoisotopic (exact) mass is 244 g/mol. The van der Waals surface area contributed by atoms with Crippen molar-refractivity contribution in [3.8, 4) is 0 Å². The molecule has 6 nitrogen and oxygen atoms in total. The molecule has 0 rings (SSSR count). The molecule has 4 N–H and O–H groups in total. The summed E-state index contributed by atoms with van der Waals surface area (Å²) < 4.78 is 4.98. The van der Waals surface area contributed by atoms with Crippen molar-refractivity contribution in [3.05, 3.63) is 0 Å². The summed E-state index contributed by atoms with van der Waals surface area (Å²) in [5.74, 6) is -1.84. The summed E-state index contributed by atoms with van der Waals surface area (Å²) in [7, 11) is 0. The van der Waals surface area contributed by atoms with Crippen molar-refractivity contribution in [2.75, 3.05) is 6.61 Å². The third kappa shape index (κ3) is 3.52. The molecule has 0 aliphatic carbocycles. The van der Waals surface area contributed by atoms with Crippen LogP contribution in [0.4, 0.5) is 0 Å². The van der Waals surface area contributed by atoms with Gasteiger partial charge >= 0.3 is 5.97 Å². The van der Waals surface area contributed by atoms with Gasteiger partial charge in [0.1, 0.15) is 16.7 Å². The van der Waals surface area contributed by atoms with E-state index in [1.807, 2.05) is 0 Å². The maximum absolute atomic E-state index is 11.7. The molecule has 0 bridgehead atoms. The van der Waals surface area contributed by atoms with Gasteiger partial charge in [-0.05, 0) is 27.2 Å². The van der Waals surface area contributed by atoms with E-state index in [-0.39, 0.29) is 6.42 Å². The summed E-state index contributed by atoms with van der Waals surface area (Å²) in [4.78, 5) is 23.0. The number of hydrogen-bond donors (Lipinski definition) is 3. The first-order chi connectivity index (χ1) is 7.60. The average Bonchev–Trinajstić information content (AvgIpc) is 2.17. The Morgan fingerprint density at radius 2 is 1.82 bits per heavy atom. The molecule has 1 amide bonds. The highest BCUT2D eigenvalue weighted by Crippen LogP contribution is 2.24. The lowest BCUT2D eigenvalue weighted by Gasteiger charge is -2.28. The van der Waals surface area contributed by atoms with Gasteiger partial charge in [0.25, 0.3) is 0 Å². The predicted molar refractivity (Wildman–Crippen MR) is 62.6 cm³/mol. The van der Waals surface area contributed by atoms with Crippen LogP contribution in [0.1, 0.15) is 34.1 Å². The first-order valence-corrected chi connectivity index (χ1v) is 5.34. The molecule has 0 aliphatic rings. The molecule has 0 aromatic heterocycles. The Morgan fingerprint density at radius 3 is 2.06 bits per heavy atom. The Bertz CT molecular complexity index is 327. The lowest BCUT2D eigenvalue weighted by molar-refractivity contribution is -0.148. The third-order valence-electron chi connectivity index (χ3n) is 2.43. The van der Waals surface area contributed by atoms with E-state index in [0.717, 1.165) is 0 Å². The average molecular weight is 244 g/mol. The molecule has 0 aromatic rings. The summed E-state index contributed by atoms with van der Waals surface area (Å²) in [6, 6.07) is 0. The number of ether oxygens (including phenoxy) is 1. The molecule has 0 spiro atoms. The first-order valence-electron chi connectivity index (χ1n) is 5.34. The molecule has 0 radical (unpaired) electrons. The van der Waals surface area contributed by atoms with Gasteiger partial charge in [0.05, 0.1) is 6.61 Å². The molecule has 6 heteroatoms. The minimum Gasteiger partial charge on any atom is -0.455 e. The molecule has 0 aromatic carbocycles. The van der Waals surface area contributed by atoms with Crippen LogP contribution in [0.3, 0.4) is 0 Å². The van der Waals surface area contributed by atoms with Gasteiger partial charge in [-0.2, -0.15) is 0 Å². The number of nitrogens with two attached hydrogens (primary N) is 1. The molecule has 0 fully saturated rings. The highest BCUT2D eigenvalue weighted by atomic mass is 16.6. The van der Waals surface area contributed by atoms with Crippen LogP contribution in [0.2, 0.25) is 0 Å². The largest absolute Gasteiger partial charge is 0.455 e. The topological polar surface area (TPSA) is 113 Å². The number of primary amides is 1. The van der Waals surface area contributed by atoms with Crippen LogP contribution in [-0.2, 0) is 14.3 Å². The van der Waals surface area contributed by atoms with E-state index in [1.165, 1.54) is 0 Å². The van der Waals surface area contributed by atoms with Gasteiger partial charge in [0.15, 0.2) is 0 Å². The second-order valence-corrected chi connectivity index (χ2v) is 4.83. The van der Waals surface area contributed by atoms with Crippen LogP contribution in [0.25, 0.3) is 0 Å². The van der Waals surface area contributed by atoms with Gasteiger partial charge in [0.2, 0.25) is 5.91 Å². The van der Waals surface area contributed by atoms with E-state index < -0.39 is 35.2 Å². The quantitative estimate of drug-likeness (QED) is 0.474. The molecule has 0 heterocycles. The molecule has 17 heavy (non-hydrogen) atoms. The van der Waals surface area contributed by atoms with Crippen LogP contribution >= 0.6 is 0 Å². The number of carbonyl (C=O) groups is 2. The number of esters is 1. The Kier molecular flexibility index (Phi) is 4.82. The van der Waals surface area contributed by atoms with E-state index in [9.17, 15) is 14.7 Å². The molecule has 98 valence electrons. The van der Waals surface area contributed by atoms with E-state index in [0.29, 0.717) is 0 Å². The lowest BCUT2D eigenvalue weighted by atomic mass is 9.80. The zero-order chi connectivity index (χ0) is 13.9. The van der Waals surface area contributed by atoms with Gasteiger partial charge in [0, 0.05) is 0 Å². The van der Waals surface area contributed by atoms with Crippen molar-refractivity contribution in [1.29, 1.82) is 5.41 Å². The number of rotatable bonds is 5.